The molecule has 2 N–H and O–H groups in total. The van der Waals surface area contributed by atoms with Crippen LogP contribution in [-0.4, -0.2) is 29.0 Å². The van der Waals surface area contributed by atoms with E-state index in [1.54, 1.807) is 6.07 Å². The molecule has 0 atom stereocenters. The summed E-state index contributed by atoms with van der Waals surface area (Å²) in [5.41, 5.74) is 1.59. The average molecular weight is 326 g/mol. The number of hydrogen-bond donors (Lipinski definition) is 2. The maximum Gasteiger partial charge on any atom is 0.222 e. The summed E-state index contributed by atoms with van der Waals surface area (Å²) < 4.78 is 5.89. The second-order valence-corrected chi connectivity index (χ2v) is 6.04. The van der Waals surface area contributed by atoms with E-state index in [9.17, 15) is 4.79 Å². The van der Waals surface area contributed by atoms with Crippen LogP contribution in [0.15, 0.2) is 30.3 Å². The van der Waals surface area contributed by atoms with Crippen molar-refractivity contribution in [2.45, 2.75) is 32.6 Å². The average Bonchev–Trinajstić information content (AvgIpc) is 2.55. The van der Waals surface area contributed by atoms with Crippen molar-refractivity contribution < 1.29 is 9.53 Å². The second-order valence-electron chi connectivity index (χ2n) is 6.04. The van der Waals surface area contributed by atoms with Crippen molar-refractivity contribution in [2.24, 2.45) is 0 Å². The van der Waals surface area contributed by atoms with E-state index in [0.29, 0.717) is 23.2 Å². The smallest absolute Gasteiger partial charge is 0.222 e. The van der Waals surface area contributed by atoms with Gasteiger partial charge >= 0.3 is 0 Å². The minimum absolute atomic E-state index is 0.113. The third-order valence-electron chi connectivity index (χ3n) is 3.93. The number of benzene rings is 1. The molecule has 1 aromatic heterocycles. The zero-order chi connectivity index (χ0) is 16.9. The van der Waals surface area contributed by atoms with Crippen LogP contribution < -0.4 is 15.4 Å². The summed E-state index contributed by atoms with van der Waals surface area (Å²) in [4.78, 5) is 20.3. The van der Waals surface area contributed by atoms with Crippen molar-refractivity contribution >= 4 is 11.6 Å². The third kappa shape index (κ3) is 4.29. The number of aryl methyl sites for hydroxylation is 1. The van der Waals surface area contributed by atoms with Crippen LogP contribution in [0, 0.1) is 6.92 Å². The highest BCUT2D eigenvalue weighted by molar-refractivity contribution is 5.88. The Labute approximate surface area is 141 Å². The molecule has 0 aliphatic carbocycles. The van der Waals surface area contributed by atoms with Gasteiger partial charge in [-0.1, -0.05) is 6.07 Å². The van der Waals surface area contributed by atoms with Crippen LogP contribution >= 0.6 is 0 Å². The van der Waals surface area contributed by atoms with Crippen LogP contribution in [0.25, 0.3) is 0 Å². The summed E-state index contributed by atoms with van der Waals surface area (Å²) in [5.74, 6) is 2.29. The number of carbonyl (C=O) groups excluding carboxylic acids is 1. The molecular formula is C18H22N4O2. The number of amides is 1. The molecule has 1 aliphatic heterocycles. The van der Waals surface area contributed by atoms with Crippen molar-refractivity contribution in [1.82, 2.24) is 15.3 Å². The van der Waals surface area contributed by atoms with Crippen molar-refractivity contribution in [3.05, 3.63) is 41.9 Å². The van der Waals surface area contributed by atoms with Gasteiger partial charge in [-0.05, 0) is 45.0 Å². The van der Waals surface area contributed by atoms with E-state index >= 15 is 0 Å². The number of hydrogen-bond acceptors (Lipinski definition) is 5. The van der Waals surface area contributed by atoms with Crippen LogP contribution in [0.2, 0.25) is 0 Å². The lowest BCUT2D eigenvalue weighted by molar-refractivity contribution is -0.114. The molecule has 0 spiro atoms. The summed E-state index contributed by atoms with van der Waals surface area (Å²) >= 11 is 0. The topological polar surface area (TPSA) is 76.1 Å². The number of nitrogens with one attached hydrogen (secondary N) is 2. The first-order valence-electron chi connectivity index (χ1n) is 8.22. The maximum atomic E-state index is 11.2. The van der Waals surface area contributed by atoms with E-state index in [1.165, 1.54) is 6.92 Å². The predicted octanol–water partition coefficient (Wildman–Crippen LogP) is 3.00. The first-order chi connectivity index (χ1) is 11.6. The molecule has 2 aromatic rings. The first-order valence-corrected chi connectivity index (χ1v) is 8.22. The normalized spacial score (nSPS) is 15.1. The SMILES string of the molecule is CC(=O)Nc1cccc(Oc2cc(C)nc(C3CCNCC3)n2)c1. The second kappa shape index (κ2) is 7.40. The highest BCUT2D eigenvalue weighted by atomic mass is 16.5. The van der Waals surface area contributed by atoms with E-state index in [1.807, 2.05) is 31.2 Å². The Morgan fingerprint density at radius 3 is 2.79 bits per heavy atom. The van der Waals surface area contributed by atoms with Gasteiger partial charge in [-0.2, -0.15) is 4.98 Å². The Balaban J connectivity index is 1.79. The van der Waals surface area contributed by atoms with Crippen molar-refractivity contribution in [3.8, 4) is 11.6 Å². The Kier molecular flexibility index (Phi) is 5.05. The summed E-state index contributed by atoms with van der Waals surface area (Å²) in [6.45, 7) is 5.42. The molecule has 3 rings (SSSR count). The maximum absolute atomic E-state index is 11.2. The number of piperidine rings is 1. The summed E-state index contributed by atoms with van der Waals surface area (Å²) in [7, 11) is 0. The molecule has 2 heterocycles. The molecular weight excluding hydrogens is 304 g/mol. The van der Waals surface area contributed by atoms with E-state index in [-0.39, 0.29) is 5.91 Å². The quantitative estimate of drug-likeness (QED) is 0.903. The Morgan fingerprint density at radius 2 is 2.04 bits per heavy atom. The van der Waals surface area contributed by atoms with Gasteiger partial charge in [0, 0.05) is 36.4 Å². The molecule has 1 fully saturated rings. The first kappa shape index (κ1) is 16.4. The molecule has 24 heavy (non-hydrogen) atoms. The van der Waals surface area contributed by atoms with Gasteiger partial charge in [0.2, 0.25) is 11.8 Å². The monoisotopic (exact) mass is 326 g/mol. The van der Waals surface area contributed by atoms with Gasteiger partial charge in [0.05, 0.1) is 0 Å². The van der Waals surface area contributed by atoms with E-state index in [2.05, 4.69) is 20.6 Å². The molecule has 126 valence electrons. The van der Waals surface area contributed by atoms with Gasteiger partial charge in [-0.25, -0.2) is 4.98 Å². The van der Waals surface area contributed by atoms with E-state index < -0.39 is 0 Å². The Morgan fingerprint density at radius 1 is 1.25 bits per heavy atom. The van der Waals surface area contributed by atoms with Gasteiger partial charge in [0.15, 0.2) is 0 Å². The van der Waals surface area contributed by atoms with Crippen LogP contribution in [0.5, 0.6) is 11.6 Å². The van der Waals surface area contributed by atoms with Crippen LogP contribution in [0.3, 0.4) is 0 Å². The van der Waals surface area contributed by atoms with Gasteiger partial charge in [-0.15, -0.1) is 0 Å². The lowest BCUT2D eigenvalue weighted by atomic mass is 9.97. The van der Waals surface area contributed by atoms with E-state index in [0.717, 1.165) is 37.4 Å². The lowest BCUT2D eigenvalue weighted by Gasteiger charge is -2.21. The summed E-state index contributed by atoms with van der Waals surface area (Å²) in [5, 5.41) is 6.10. The highest BCUT2D eigenvalue weighted by Crippen LogP contribution is 2.27. The zero-order valence-corrected chi connectivity index (χ0v) is 14.0. The largest absolute Gasteiger partial charge is 0.439 e. The molecule has 0 unspecified atom stereocenters. The number of aromatic nitrogens is 2. The number of nitrogens with zero attached hydrogens (tertiary/aromatic N) is 2. The molecule has 0 bridgehead atoms. The molecule has 0 saturated carbocycles. The molecule has 1 saturated heterocycles. The lowest BCUT2D eigenvalue weighted by Crippen LogP contribution is -2.27. The minimum atomic E-state index is -0.113. The van der Waals surface area contributed by atoms with Gasteiger partial charge in [0.25, 0.3) is 0 Å². The summed E-state index contributed by atoms with van der Waals surface area (Å²) in [6, 6.07) is 9.11. The number of carbonyl (C=O) groups is 1. The molecule has 1 amide bonds. The predicted molar refractivity (Wildman–Crippen MR) is 92.4 cm³/mol. The molecule has 1 aromatic carbocycles. The third-order valence-corrected chi connectivity index (χ3v) is 3.93. The standard InChI is InChI=1S/C18H22N4O2/c1-12-10-17(22-18(20-12)14-6-8-19-9-7-14)24-16-5-3-4-15(11-16)21-13(2)23/h3-5,10-11,14,19H,6-9H2,1-2H3,(H,21,23). The summed E-state index contributed by atoms with van der Waals surface area (Å²) in [6.07, 6.45) is 2.09. The Hall–Kier alpha value is -2.47. The van der Waals surface area contributed by atoms with Crippen LogP contribution in [0.4, 0.5) is 5.69 Å². The van der Waals surface area contributed by atoms with Gasteiger partial charge in [-0.3, -0.25) is 4.79 Å². The molecule has 1 aliphatic rings. The number of ether oxygens (including phenoxy) is 1. The number of rotatable bonds is 4. The van der Waals surface area contributed by atoms with E-state index in [4.69, 9.17) is 4.74 Å². The fourth-order valence-corrected chi connectivity index (χ4v) is 2.84. The van der Waals surface area contributed by atoms with Crippen molar-refractivity contribution in [3.63, 3.8) is 0 Å². The molecule has 0 radical (unpaired) electrons. The number of anilines is 1. The minimum Gasteiger partial charge on any atom is -0.439 e. The Bertz CT molecular complexity index is 727. The fourth-order valence-electron chi connectivity index (χ4n) is 2.84. The van der Waals surface area contributed by atoms with Crippen molar-refractivity contribution in [2.75, 3.05) is 18.4 Å². The fraction of sp³-hybridized carbons (Fsp3) is 0.389. The molecule has 6 heteroatoms. The molecule has 6 nitrogen and oxygen atoms in total. The van der Waals surface area contributed by atoms with Gasteiger partial charge < -0.3 is 15.4 Å². The highest BCUT2D eigenvalue weighted by Gasteiger charge is 2.19. The van der Waals surface area contributed by atoms with Crippen molar-refractivity contribution in [1.29, 1.82) is 0 Å². The zero-order valence-electron chi connectivity index (χ0n) is 14.0. The van der Waals surface area contributed by atoms with Gasteiger partial charge in [0.1, 0.15) is 11.6 Å². The van der Waals surface area contributed by atoms with Crippen LogP contribution in [0.1, 0.15) is 37.2 Å². The van der Waals surface area contributed by atoms with Crippen LogP contribution in [-0.2, 0) is 4.79 Å².